The topological polar surface area (TPSA) is 123 Å². The third-order valence-corrected chi connectivity index (χ3v) is 8.51. The molecule has 1 aliphatic rings. The van der Waals surface area contributed by atoms with E-state index in [2.05, 4.69) is 10.6 Å². The summed E-state index contributed by atoms with van der Waals surface area (Å²) in [6.45, 7) is 1.94. The molecule has 1 aliphatic heterocycles. The molecule has 4 aromatic carbocycles. The lowest BCUT2D eigenvalue weighted by Crippen LogP contribution is -2.31. The first-order valence-corrected chi connectivity index (χ1v) is 15.5. The molecule has 0 aromatic heterocycles. The number of thioether (sulfide) groups is 1. The molecule has 0 bridgehead atoms. The van der Waals surface area contributed by atoms with E-state index >= 15 is 0 Å². The van der Waals surface area contributed by atoms with Gasteiger partial charge in [-0.25, -0.2) is 4.90 Å². The average molecular weight is 652 g/mol. The van der Waals surface area contributed by atoms with Crippen molar-refractivity contribution in [3.05, 3.63) is 113 Å². The summed E-state index contributed by atoms with van der Waals surface area (Å²) in [5.41, 5.74) is 2.91. The fourth-order valence-electron chi connectivity index (χ4n) is 4.93. The van der Waals surface area contributed by atoms with Crippen molar-refractivity contribution in [1.29, 1.82) is 0 Å². The quantitative estimate of drug-likeness (QED) is 0.153. The van der Waals surface area contributed by atoms with Crippen LogP contribution in [0.15, 0.2) is 102 Å². The lowest BCUT2D eigenvalue weighted by Gasteiger charge is -2.15. The van der Waals surface area contributed by atoms with Gasteiger partial charge in [0.25, 0.3) is 11.8 Å². The molecule has 0 radical (unpaired) electrons. The van der Waals surface area contributed by atoms with Gasteiger partial charge in [-0.05, 0) is 79.2 Å². The number of anilines is 2. The number of hydrogen-bond donors (Lipinski definition) is 2. The Labute approximate surface area is 276 Å². The molecule has 47 heavy (non-hydrogen) atoms. The lowest BCUT2D eigenvalue weighted by molar-refractivity contribution is -0.121. The molecule has 1 fully saturated rings. The molecule has 2 N–H and O–H groups in total. The number of imide groups is 1. The van der Waals surface area contributed by atoms with Crippen molar-refractivity contribution >= 4 is 52.8 Å². The smallest absolute Gasteiger partial charge is 0.272 e. The maximum atomic E-state index is 13.6. The predicted octanol–water partition coefficient (Wildman–Crippen LogP) is 5.85. The van der Waals surface area contributed by atoms with Crippen molar-refractivity contribution in [2.45, 2.75) is 23.5 Å². The van der Waals surface area contributed by atoms with Gasteiger partial charge in [-0.2, -0.15) is 0 Å². The minimum Gasteiger partial charge on any atom is -0.493 e. The zero-order chi connectivity index (χ0) is 33.5. The van der Waals surface area contributed by atoms with Crippen molar-refractivity contribution < 1.29 is 33.4 Å². The Balaban J connectivity index is 1.34. The van der Waals surface area contributed by atoms with Crippen molar-refractivity contribution in [3.8, 4) is 17.2 Å². The van der Waals surface area contributed by atoms with Gasteiger partial charge >= 0.3 is 0 Å². The van der Waals surface area contributed by atoms with Crippen LogP contribution < -0.4 is 29.7 Å². The number of nitrogens with one attached hydrogen (secondary N) is 2. The van der Waals surface area contributed by atoms with Crippen LogP contribution in [0, 0.1) is 6.92 Å². The van der Waals surface area contributed by atoms with Crippen LogP contribution in [0.1, 0.15) is 27.9 Å². The molecule has 240 valence electrons. The number of aryl methyl sites for hydroxylation is 1. The van der Waals surface area contributed by atoms with Gasteiger partial charge in [-0.3, -0.25) is 19.2 Å². The van der Waals surface area contributed by atoms with Gasteiger partial charge in [0.2, 0.25) is 17.6 Å². The molecule has 1 atom stereocenters. The van der Waals surface area contributed by atoms with E-state index in [0.29, 0.717) is 39.8 Å². The molecule has 5 rings (SSSR count). The molecular weight excluding hydrogens is 618 g/mol. The maximum Gasteiger partial charge on any atom is 0.272 e. The molecule has 0 saturated carbocycles. The molecule has 4 aromatic rings. The van der Waals surface area contributed by atoms with Gasteiger partial charge in [0.15, 0.2) is 11.5 Å². The molecule has 1 heterocycles. The highest BCUT2D eigenvalue weighted by Crippen LogP contribution is 2.39. The Morgan fingerprint density at radius 1 is 0.851 bits per heavy atom. The van der Waals surface area contributed by atoms with Crippen molar-refractivity contribution in [2.75, 3.05) is 31.5 Å². The van der Waals surface area contributed by atoms with E-state index in [0.717, 1.165) is 10.5 Å². The number of rotatable bonds is 11. The van der Waals surface area contributed by atoms with Crippen LogP contribution in [0.4, 0.5) is 11.4 Å². The van der Waals surface area contributed by atoms with Crippen LogP contribution in [0.3, 0.4) is 0 Å². The van der Waals surface area contributed by atoms with Crippen LogP contribution >= 0.6 is 11.8 Å². The van der Waals surface area contributed by atoms with E-state index in [9.17, 15) is 19.2 Å². The molecule has 0 spiro atoms. The Bertz CT molecular complexity index is 1800. The first-order valence-electron chi connectivity index (χ1n) is 14.6. The number of benzene rings is 4. The van der Waals surface area contributed by atoms with Gasteiger partial charge in [0.05, 0.1) is 32.3 Å². The highest BCUT2D eigenvalue weighted by molar-refractivity contribution is 8.00. The number of ether oxygens (including phenoxy) is 3. The molecule has 11 heteroatoms. The minimum absolute atomic E-state index is 0.0298. The first kappa shape index (κ1) is 32.8. The van der Waals surface area contributed by atoms with E-state index in [1.807, 2.05) is 19.1 Å². The summed E-state index contributed by atoms with van der Waals surface area (Å²) in [4.78, 5) is 54.5. The number of hydrogen-bond acceptors (Lipinski definition) is 8. The van der Waals surface area contributed by atoms with E-state index in [1.54, 1.807) is 78.9 Å². The summed E-state index contributed by atoms with van der Waals surface area (Å²) in [5.74, 6) is -0.415. The maximum absolute atomic E-state index is 13.6. The second-order valence-corrected chi connectivity index (χ2v) is 11.8. The monoisotopic (exact) mass is 651 g/mol. The number of carbonyl (C=O) groups excluding carboxylic acids is 4. The van der Waals surface area contributed by atoms with Crippen molar-refractivity contribution in [3.63, 3.8) is 0 Å². The molecule has 0 aliphatic carbocycles. The molecule has 1 saturated heterocycles. The van der Waals surface area contributed by atoms with Gasteiger partial charge in [-0.1, -0.05) is 35.9 Å². The summed E-state index contributed by atoms with van der Waals surface area (Å²) in [5, 5.41) is 4.97. The Hall–Kier alpha value is -5.55. The zero-order valence-electron chi connectivity index (χ0n) is 26.2. The minimum atomic E-state index is -0.575. The summed E-state index contributed by atoms with van der Waals surface area (Å²) in [6, 6.07) is 26.0. The van der Waals surface area contributed by atoms with Crippen LogP contribution in [-0.2, 0) is 14.4 Å². The normalized spacial score (nSPS) is 14.5. The van der Waals surface area contributed by atoms with Gasteiger partial charge < -0.3 is 24.8 Å². The summed E-state index contributed by atoms with van der Waals surface area (Å²) >= 11 is 1.29. The summed E-state index contributed by atoms with van der Waals surface area (Å²) in [7, 11) is 4.46. The van der Waals surface area contributed by atoms with Crippen LogP contribution in [0.25, 0.3) is 6.08 Å². The van der Waals surface area contributed by atoms with Crippen LogP contribution in [0.5, 0.6) is 17.2 Å². The second kappa shape index (κ2) is 14.7. The van der Waals surface area contributed by atoms with Crippen LogP contribution in [-0.4, -0.2) is 50.2 Å². The SMILES string of the molecule is COc1cc(/C=C(\NC(=O)c2ccccc2)C(=O)Nc2ccc(SC3CC(=O)N(c4ccc(C)cc4)C3=O)cc2)cc(OC)c1OC. The summed E-state index contributed by atoms with van der Waals surface area (Å²) < 4.78 is 16.3. The van der Waals surface area contributed by atoms with Crippen molar-refractivity contribution in [1.82, 2.24) is 5.32 Å². The average Bonchev–Trinajstić information content (AvgIpc) is 3.36. The van der Waals surface area contributed by atoms with E-state index in [-0.39, 0.29) is 23.9 Å². The predicted molar refractivity (Wildman–Crippen MR) is 181 cm³/mol. The Kier molecular flexibility index (Phi) is 10.3. The number of carbonyl (C=O) groups is 4. The number of amides is 4. The lowest BCUT2D eigenvalue weighted by atomic mass is 10.1. The van der Waals surface area contributed by atoms with E-state index < -0.39 is 17.1 Å². The third-order valence-electron chi connectivity index (χ3n) is 7.31. The third kappa shape index (κ3) is 7.64. The Morgan fingerprint density at radius 2 is 1.49 bits per heavy atom. The van der Waals surface area contributed by atoms with Crippen molar-refractivity contribution in [2.24, 2.45) is 0 Å². The fraction of sp³-hybridized carbons (Fsp3) is 0.167. The largest absolute Gasteiger partial charge is 0.493 e. The standard InChI is InChI=1S/C36H33N3O7S/c1-22-10-14-26(15-11-22)39-32(40)21-31(36(39)43)47-27-16-12-25(13-17-27)37-35(42)28(38-34(41)24-8-6-5-7-9-24)18-23-19-29(44-2)33(46-4)30(20-23)45-3/h5-20,31H,21H2,1-4H3,(H,37,42)(H,38,41)/b28-18-. The van der Waals surface area contributed by atoms with Gasteiger partial charge in [0.1, 0.15) is 5.70 Å². The van der Waals surface area contributed by atoms with E-state index in [1.165, 1.54) is 44.1 Å². The van der Waals surface area contributed by atoms with Gasteiger partial charge in [-0.15, -0.1) is 11.8 Å². The molecular formula is C36H33N3O7S. The number of nitrogens with zero attached hydrogens (tertiary/aromatic N) is 1. The molecule has 4 amide bonds. The highest BCUT2D eigenvalue weighted by atomic mass is 32.2. The number of methoxy groups -OCH3 is 3. The fourth-order valence-corrected chi connectivity index (χ4v) is 5.99. The molecule has 10 nitrogen and oxygen atoms in total. The second-order valence-electron chi connectivity index (χ2n) is 10.5. The van der Waals surface area contributed by atoms with Gasteiger partial charge in [0, 0.05) is 22.6 Å². The first-order chi connectivity index (χ1) is 22.7. The summed E-state index contributed by atoms with van der Waals surface area (Å²) in [6.07, 6.45) is 1.60. The van der Waals surface area contributed by atoms with E-state index in [4.69, 9.17) is 14.2 Å². The molecule has 1 unspecified atom stereocenters. The Morgan fingerprint density at radius 3 is 2.09 bits per heavy atom. The zero-order valence-corrected chi connectivity index (χ0v) is 27.1. The highest BCUT2D eigenvalue weighted by Gasteiger charge is 2.40. The van der Waals surface area contributed by atoms with Crippen LogP contribution in [0.2, 0.25) is 0 Å².